The van der Waals surface area contributed by atoms with E-state index in [4.69, 9.17) is 0 Å². The van der Waals surface area contributed by atoms with Crippen molar-refractivity contribution < 1.29 is 4.79 Å². The van der Waals surface area contributed by atoms with Crippen molar-refractivity contribution in [1.29, 1.82) is 0 Å². The Morgan fingerprint density at radius 1 is 1.21 bits per heavy atom. The molecule has 1 aromatic rings. The number of nitrogens with one attached hydrogen (secondary N) is 1. The van der Waals surface area contributed by atoms with Gasteiger partial charge in [-0.15, -0.1) is 0 Å². The van der Waals surface area contributed by atoms with Crippen LogP contribution in [0.2, 0.25) is 0 Å². The normalized spacial score (nSPS) is 19.2. The van der Waals surface area contributed by atoms with Crippen LogP contribution in [0.3, 0.4) is 0 Å². The van der Waals surface area contributed by atoms with Gasteiger partial charge in [-0.2, -0.15) is 0 Å². The van der Waals surface area contributed by atoms with E-state index in [0.717, 1.165) is 63.6 Å². The second-order valence-corrected chi connectivity index (χ2v) is 5.51. The Morgan fingerprint density at radius 3 is 2.74 bits per heavy atom. The standard InChI is InChI=1S/C12H16BrN5O/c13-12-15-10-1-2-14-7-9(10)11(16-12)18-5-3-17(8-19)4-6-18/h8,14H,1-7H2. The average Bonchev–Trinajstić information content (AvgIpc) is 2.46. The van der Waals surface area contributed by atoms with E-state index in [1.54, 1.807) is 4.90 Å². The Kier molecular flexibility index (Phi) is 3.65. The van der Waals surface area contributed by atoms with Crippen LogP contribution in [0.5, 0.6) is 0 Å². The van der Waals surface area contributed by atoms with Gasteiger partial charge >= 0.3 is 0 Å². The number of halogens is 1. The van der Waals surface area contributed by atoms with E-state index in [1.807, 2.05) is 0 Å². The molecule has 0 aliphatic carbocycles. The number of anilines is 1. The highest BCUT2D eigenvalue weighted by atomic mass is 79.9. The van der Waals surface area contributed by atoms with E-state index >= 15 is 0 Å². The highest BCUT2D eigenvalue weighted by molar-refractivity contribution is 9.10. The summed E-state index contributed by atoms with van der Waals surface area (Å²) in [6.07, 6.45) is 1.86. The summed E-state index contributed by atoms with van der Waals surface area (Å²) in [5.41, 5.74) is 2.34. The second kappa shape index (κ2) is 5.42. The SMILES string of the molecule is O=CN1CCN(c2nc(Br)nc3c2CNCC3)CC1. The molecule has 1 amide bonds. The van der Waals surface area contributed by atoms with Crippen LogP contribution in [0, 0.1) is 0 Å². The van der Waals surface area contributed by atoms with Crippen LogP contribution in [0.1, 0.15) is 11.3 Å². The van der Waals surface area contributed by atoms with Crippen LogP contribution in [0.15, 0.2) is 4.73 Å². The maximum absolute atomic E-state index is 10.8. The Morgan fingerprint density at radius 2 is 2.00 bits per heavy atom. The van der Waals surface area contributed by atoms with Gasteiger partial charge in [-0.05, 0) is 15.9 Å². The summed E-state index contributed by atoms with van der Waals surface area (Å²) < 4.78 is 0.654. The van der Waals surface area contributed by atoms with Gasteiger partial charge < -0.3 is 15.1 Å². The summed E-state index contributed by atoms with van der Waals surface area (Å²) in [7, 11) is 0. The molecule has 102 valence electrons. The van der Waals surface area contributed by atoms with Crippen LogP contribution in [0.25, 0.3) is 0 Å². The minimum Gasteiger partial charge on any atom is -0.353 e. The van der Waals surface area contributed by atoms with Gasteiger partial charge in [0.05, 0.1) is 5.69 Å². The molecule has 0 spiro atoms. The van der Waals surface area contributed by atoms with Crippen molar-refractivity contribution in [3.8, 4) is 0 Å². The molecule has 1 saturated heterocycles. The van der Waals surface area contributed by atoms with Crippen LogP contribution in [-0.2, 0) is 17.8 Å². The largest absolute Gasteiger partial charge is 0.353 e. The molecule has 7 heteroatoms. The van der Waals surface area contributed by atoms with Gasteiger partial charge in [0.25, 0.3) is 0 Å². The number of carbonyl (C=O) groups excluding carboxylic acids is 1. The summed E-state index contributed by atoms with van der Waals surface area (Å²) in [6.45, 7) is 4.96. The smallest absolute Gasteiger partial charge is 0.209 e. The van der Waals surface area contributed by atoms with Crippen molar-refractivity contribution in [1.82, 2.24) is 20.2 Å². The summed E-state index contributed by atoms with van der Waals surface area (Å²) in [5, 5.41) is 3.37. The van der Waals surface area contributed by atoms with Crippen molar-refractivity contribution in [2.45, 2.75) is 13.0 Å². The van der Waals surface area contributed by atoms with Crippen LogP contribution in [-0.4, -0.2) is 54.0 Å². The van der Waals surface area contributed by atoms with E-state index in [2.05, 4.69) is 36.1 Å². The predicted molar refractivity (Wildman–Crippen MR) is 75.0 cm³/mol. The first-order chi connectivity index (χ1) is 9.28. The van der Waals surface area contributed by atoms with Crippen molar-refractivity contribution in [3.05, 3.63) is 16.0 Å². The number of aromatic nitrogens is 2. The molecule has 0 radical (unpaired) electrons. The molecule has 0 saturated carbocycles. The minimum absolute atomic E-state index is 0.654. The summed E-state index contributed by atoms with van der Waals surface area (Å²) in [5.74, 6) is 1.01. The highest BCUT2D eigenvalue weighted by Crippen LogP contribution is 2.25. The Balaban J connectivity index is 1.88. The first kappa shape index (κ1) is 12.8. The van der Waals surface area contributed by atoms with Gasteiger partial charge in [-0.25, -0.2) is 9.97 Å². The molecular formula is C12H16BrN5O. The molecule has 1 N–H and O–H groups in total. The van der Waals surface area contributed by atoms with Gasteiger partial charge in [0.15, 0.2) is 4.73 Å². The molecule has 0 bridgehead atoms. The molecule has 0 unspecified atom stereocenters. The fourth-order valence-electron chi connectivity index (χ4n) is 2.60. The van der Waals surface area contributed by atoms with Crippen molar-refractivity contribution in [2.24, 2.45) is 0 Å². The summed E-state index contributed by atoms with van der Waals surface area (Å²) in [4.78, 5) is 23.8. The topological polar surface area (TPSA) is 61.4 Å². The molecular weight excluding hydrogens is 310 g/mol. The lowest BCUT2D eigenvalue weighted by atomic mass is 10.1. The van der Waals surface area contributed by atoms with Gasteiger partial charge in [-0.1, -0.05) is 0 Å². The molecule has 2 aliphatic heterocycles. The zero-order valence-electron chi connectivity index (χ0n) is 10.6. The lowest BCUT2D eigenvalue weighted by Gasteiger charge is -2.35. The van der Waals surface area contributed by atoms with E-state index in [0.29, 0.717) is 4.73 Å². The zero-order valence-corrected chi connectivity index (χ0v) is 12.2. The fourth-order valence-corrected chi connectivity index (χ4v) is 2.98. The van der Waals surface area contributed by atoms with E-state index in [-0.39, 0.29) is 0 Å². The molecule has 3 heterocycles. The Hall–Kier alpha value is -1.21. The van der Waals surface area contributed by atoms with Crippen molar-refractivity contribution in [2.75, 3.05) is 37.6 Å². The van der Waals surface area contributed by atoms with Crippen LogP contribution >= 0.6 is 15.9 Å². The lowest BCUT2D eigenvalue weighted by Crippen LogP contribution is -2.46. The monoisotopic (exact) mass is 325 g/mol. The number of hydrogen-bond donors (Lipinski definition) is 1. The van der Waals surface area contributed by atoms with Crippen LogP contribution in [0.4, 0.5) is 5.82 Å². The molecule has 3 rings (SSSR count). The molecule has 0 aromatic carbocycles. The van der Waals surface area contributed by atoms with Crippen molar-refractivity contribution >= 4 is 28.2 Å². The van der Waals surface area contributed by atoms with Crippen molar-refractivity contribution in [3.63, 3.8) is 0 Å². The van der Waals surface area contributed by atoms with E-state index < -0.39 is 0 Å². The molecule has 1 fully saturated rings. The number of carbonyl (C=O) groups is 1. The second-order valence-electron chi connectivity index (χ2n) is 4.80. The Bertz CT molecular complexity index is 487. The quantitative estimate of drug-likeness (QED) is 0.620. The third-order valence-corrected chi connectivity index (χ3v) is 4.00. The number of hydrogen-bond acceptors (Lipinski definition) is 5. The molecule has 19 heavy (non-hydrogen) atoms. The third-order valence-electron chi connectivity index (χ3n) is 3.65. The highest BCUT2D eigenvalue weighted by Gasteiger charge is 2.23. The Labute approximate surface area is 120 Å². The zero-order chi connectivity index (χ0) is 13.2. The minimum atomic E-state index is 0.654. The first-order valence-electron chi connectivity index (χ1n) is 6.48. The average molecular weight is 326 g/mol. The van der Waals surface area contributed by atoms with Crippen LogP contribution < -0.4 is 10.2 Å². The molecule has 6 nitrogen and oxygen atoms in total. The molecule has 2 aliphatic rings. The number of amides is 1. The molecule has 0 atom stereocenters. The first-order valence-corrected chi connectivity index (χ1v) is 7.27. The van der Waals surface area contributed by atoms with E-state index in [1.165, 1.54) is 5.56 Å². The summed E-state index contributed by atoms with van der Waals surface area (Å²) in [6, 6.07) is 0. The number of nitrogens with zero attached hydrogens (tertiary/aromatic N) is 4. The number of fused-ring (bicyclic) bond motifs is 1. The predicted octanol–water partition coefficient (Wildman–Crippen LogP) is 0.163. The maximum Gasteiger partial charge on any atom is 0.209 e. The summed E-state index contributed by atoms with van der Waals surface area (Å²) >= 11 is 3.40. The molecule has 1 aromatic heterocycles. The maximum atomic E-state index is 10.8. The van der Waals surface area contributed by atoms with E-state index in [9.17, 15) is 4.79 Å². The van der Waals surface area contributed by atoms with Gasteiger partial charge in [-0.3, -0.25) is 4.79 Å². The van der Waals surface area contributed by atoms with Gasteiger partial charge in [0.1, 0.15) is 5.82 Å². The van der Waals surface area contributed by atoms with Gasteiger partial charge in [0, 0.05) is 51.3 Å². The number of rotatable bonds is 2. The third kappa shape index (κ3) is 2.57. The fraction of sp³-hybridized carbons (Fsp3) is 0.583. The lowest BCUT2D eigenvalue weighted by molar-refractivity contribution is -0.118. The van der Waals surface area contributed by atoms with Gasteiger partial charge in [0.2, 0.25) is 6.41 Å². The number of piperazine rings is 1.